The molecule has 0 amide bonds. The van der Waals surface area contributed by atoms with Gasteiger partial charge in [0.25, 0.3) is 0 Å². The Balaban J connectivity index is 0.00000243. The molecule has 0 spiro atoms. The van der Waals surface area contributed by atoms with Crippen LogP contribution in [0.3, 0.4) is 0 Å². The van der Waals surface area contributed by atoms with E-state index < -0.39 is 9.84 Å². The van der Waals surface area contributed by atoms with Gasteiger partial charge in [-0.1, -0.05) is 6.08 Å². The van der Waals surface area contributed by atoms with Crippen LogP contribution in [0.5, 0.6) is 0 Å². The number of halogens is 1. The normalized spacial score (nSPS) is 29.4. The highest BCUT2D eigenvalue weighted by molar-refractivity contribution is 14.0. The lowest BCUT2D eigenvalue weighted by atomic mass is 10.1. The Kier molecular flexibility index (Phi) is 8.62. The van der Waals surface area contributed by atoms with E-state index in [4.69, 9.17) is 9.73 Å². The Bertz CT molecular complexity index is 593. The molecule has 0 saturated carbocycles. The van der Waals surface area contributed by atoms with E-state index in [0.717, 1.165) is 58.2 Å². The molecule has 3 fully saturated rings. The number of morpholine rings is 1. The minimum absolute atomic E-state index is 0. The number of nitrogens with one attached hydrogen (secondary N) is 1. The van der Waals surface area contributed by atoms with Crippen LogP contribution >= 0.6 is 24.0 Å². The number of rotatable bonds is 5. The molecule has 3 saturated heterocycles. The highest BCUT2D eigenvalue weighted by Gasteiger charge is 2.31. The molecule has 2 atom stereocenters. The van der Waals surface area contributed by atoms with E-state index in [1.807, 2.05) is 6.08 Å². The fourth-order valence-electron chi connectivity index (χ4n) is 3.84. The molecule has 3 heterocycles. The zero-order valence-electron chi connectivity index (χ0n) is 15.3. The van der Waals surface area contributed by atoms with Gasteiger partial charge in [0.1, 0.15) is 0 Å². The first-order chi connectivity index (χ1) is 12.1. The molecule has 3 aliphatic rings. The molecule has 0 aromatic rings. The molecular weight excluding hydrogens is 467 g/mol. The summed E-state index contributed by atoms with van der Waals surface area (Å²) in [5, 5.41) is 3.34. The van der Waals surface area contributed by atoms with Gasteiger partial charge in [-0.05, 0) is 18.8 Å². The Morgan fingerprint density at radius 2 is 2.04 bits per heavy atom. The van der Waals surface area contributed by atoms with Crippen molar-refractivity contribution in [2.24, 2.45) is 10.9 Å². The molecule has 3 aliphatic heterocycles. The largest absolute Gasteiger partial charge is 0.379 e. The summed E-state index contributed by atoms with van der Waals surface area (Å²) >= 11 is 0. The SMILES string of the molecule is C=CCNC(=NCC1CCS(=O)(=O)C1)N1CCC(N2CCOCC2)C1.I. The molecule has 26 heavy (non-hydrogen) atoms. The highest BCUT2D eigenvalue weighted by atomic mass is 127. The molecule has 150 valence electrons. The number of nitrogens with zero attached hydrogens (tertiary/aromatic N) is 3. The van der Waals surface area contributed by atoms with Crippen molar-refractivity contribution in [3.05, 3.63) is 12.7 Å². The van der Waals surface area contributed by atoms with Crippen LogP contribution in [0.4, 0.5) is 0 Å². The molecule has 0 aliphatic carbocycles. The summed E-state index contributed by atoms with van der Waals surface area (Å²) in [5.41, 5.74) is 0. The second-order valence-corrected chi connectivity index (χ2v) is 9.37. The van der Waals surface area contributed by atoms with E-state index >= 15 is 0 Å². The van der Waals surface area contributed by atoms with Crippen LogP contribution in [0.1, 0.15) is 12.8 Å². The third-order valence-corrected chi connectivity index (χ3v) is 7.09. The Morgan fingerprint density at radius 1 is 1.27 bits per heavy atom. The third kappa shape index (κ3) is 6.07. The van der Waals surface area contributed by atoms with Crippen molar-refractivity contribution < 1.29 is 13.2 Å². The van der Waals surface area contributed by atoms with Crippen LogP contribution < -0.4 is 5.32 Å². The number of guanidine groups is 1. The van der Waals surface area contributed by atoms with Gasteiger partial charge >= 0.3 is 0 Å². The second kappa shape index (κ2) is 10.2. The number of aliphatic imine (C=N–C) groups is 1. The molecule has 0 bridgehead atoms. The molecule has 1 N–H and O–H groups in total. The van der Waals surface area contributed by atoms with E-state index in [0.29, 0.717) is 24.9 Å². The molecule has 2 unspecified atom stereocenters. The van der Waals surface area contributed by atoms with Crippen molar-refractivity contribution in [3.8, 4) is 0 Å². The van der Waals surface area contributed by atoms with Crippen molar-refractivity contribution in [2.75, 3.05) is 64.0 Å². The second-order valence-electron chi connectivity index (χ2n) is 7.14. The predicted molar refractivity (Wildman–Crippen MR) is 115 cm³/mol. The van der Waals surface area contributed by atoms with Gasteiger partial charge in [0.15, 0.2) is 15.8 Å². The van der Waals surface area contributed by atoms with E-state index in [2.05, 4.69) is 21.7 Å². The number of ether oxygens (including phenoxy) is 1. The van der Waals surface area contributed by atoms with E-state index in [1.165, 1.54) is 0 Å². The fourth-order valence-corrected chi connectivity index (χ4v) is 5.69. The van der Waals surface area contributed by atoms with Gasteiger partial charge in [0.05, 0.1) is 24.7 Å². The molecule has 0 radical (unpaired) electrons. The van der Waals surface area contributed by atoms with Gasteiger partial charge in [-0.3, -0.25) is 9.89 Å². The summed E-state index contributed by atoms with van der Waals surface area (Å²) in [4.78, 5) is 9.56. The summed E-state index contributed by atoms with van der Waals surface area (Å²) in [6, 6.07) is 0.548. The first-order valence-electron chi connectivity index (χ1n) is 9.24. The van der Waals surface area contributed by atoms with Gasteiger partial charge < -0.3 is 15.0 Å². The number of likely N-dealkylation sites (tertiary alicyclic amines) is 1. The lowest BCUT2D eigenvalue weighted by Crippen LogP contribution is -2.46. The number of hydrogen-bond acceptors (Lipinski definition) is 5. The number of sulfone groups is 1. The maximum Gasteiger partial charge on any atom is 0.194 e. The zero-order chi connectivity index (χ0) is 17.7. The zero-order valence-corrected chi connectivity index (χ0v) is 18.5. The fraction of sp³-hybridized carbons (Fsp3) is 0.824. The maximum atomic E-state index is 11.6. The van der Waals surface area contributed by atoms with Crippen LogP contribution in [-0.4, -0.2) is 94.2 Å². The molecular formula is C17H31IN4O3S. The van der Waals surface area contributed by atoms with E-state index in [-0.39, 0.29) is 35.6 Å². The Labute approximate surface area is 174 Å². The minimum atomic E-state index is -2.84. The topological polar surface area (TPSA) is 74.2 Å². The van der Waals surface area contributed by atoms with Crippen LogP contribution in [-0.2, 0) is 14.6 Å². The summed E-state index contributed by atoms with van der Waals surface area (Å²) in [6.45, 7) is 10.6. The van der Waals surface area contributed by atoms with Crippen LogP contribution in [0.25, 0.3) is 0 Å². The van der Waals surface area contributed by atoms with E-state index in [9.17, 15) is 8.42 Å². The molecule has 7 nitrogen and oxygen atoms in total. The van der Waals surface area contributed by atoms with Crippen LogP contribution in [0.15, 0.2) is 17.6 Å². The van der Waals surface area contributed by atoms with Gasteiger partial charge in [0.2, 0.25) is 0 Å². The van der Waals surface area contributed by atoms with Gasteiger partial charge in [-0.25, -0.2) is 8.42 Å². The number of hydrogen-bond donors (Lipinski definition) is 1. The quantitative estimate of drug-likeness (QED) is 0.259. The van der Waals surface area contributed by atoms with Crippen molar-refractivity contribution in [1.82, 2.24) is 15.1 Å². The van der Waals surface area contributed by atoms with Crippen molar-refractivity contribution >= 4 is 39.8 Å². The third-order valence-electron chi connectivity index (χ3n) is 5.26. The van der Waals surface area contributed by atoms with Crippen LogP contribution in [0.2, 0.25) is 0 Å². The summed E-state index contributed by atoms with van der Waals surface area (Å²) in [6.07, 6.45) is 3.69. The molecule has 3 rings (SSSR count). The van der Waals surface area contributed by atoms with Gasteiger partial charge in [-0.15, -0.1) is 30.6 Å². The maximum absolute atomic E-state index is 11.6. The summed E-state index contributed by atoms with van der Waals surface area (Å²) < 4.78 is 28.7. The van der Waals surface area contributed by atoms with Gasteiger partial charge in [0, 0.05) is 45.3 Å². The van der Waals surface area contributed by atoms with E-state index in [1.54, 1.807) is 0 Å². The predicted octanol–water partition coefficient (Wildman–Crippen LogP) is 0.577. The molecule has 9 heteroatoms. The first-order valence-corrected chi connectivity index (χ1v) is 11.1. The first kappa shape index (κ1) is 21.9. The smallest absolute Gasteiger partial charge is 0.194 e. The Morgan fingerprint density at radius 3 is 2.69 bits per heavy atom. The Hall–Kier alpha value is -0.390. The highest BCUT2D eigenvalue weighted by Crippen LogP contribution is 2.20. The summed E-state index contributed by atoms with van der Waals surface area (Å²) in [7, 11) is -2.84. The molecule has 0 aromatic heterocycles. The average Bonchev–Trinajstić information content (AvgIpc) is 3.22. The van der Waals surface area contributed by atoms with Crippen molar-refractivity contribution in [1.29, 1.82) is 0 Å². The van der Waals surface area contributed by atoms with Gasteiger partial charge in [-0.2, -0.15) is 0 Å². The lowest BCUT2D eigenvalue weighted by molar-refractivity contribution is 0.0195. The van der Waals surface area contributed by atoms with Crippen LogP contribution in [0, 0.1) is 5.92 Å². The standard InChI is InChI=1S/C17H30N4O3S.HI/c1-2-5-18-17(19-12-15-4-11-25(22,23)14-15)21-6-3-16(13-21)20-7-9-24-10-8-20;/h2,15-16H,1,3-14H2,(H,18,19);1H. The lowest BCUT2D eigenvalue weighted by Gasteiger charge is -2.32. The summed E-state index contributed by atoms with van der Waals surface area (Å²) in [5.74, 6) is 1.63. The monoisotopic (exact) mass is 498 g/mol. The average molecular weight is 498 g/mol. The molecule has 0 aromatic carbocycles. The van der Waals surface area contributed by atoms with Crippen molar-refractivity contribution in [3.63, 3.8) is 0 Å². The minimum Gasteiger partial charge on any atom is -0.379 e. The van der Waals surface area contributed by atoms with Crippen molar-refractivity contribution in [2.45, 2.75) is 18.9 Å².